The molecule has 1 aromatic carbocycles. The Morgan fingerprint density at radius 3 is 2.18 bits per heavy atom. The van der Waals surface area contributed by atoms with Crippen molar-refractivity contribution in [2.45, 2.75) is 16.2 Å². The molecule has 0 heterocycles. The minimum absolute atomic E-state index is 0.0963. The second-order valence-electron chi connectivity index (χ2n) is 4.32. The number of hydrogen-bond acceptors (Lipinski definition) is 8. The summed E-state index contributed by atoms with van der Waals surface area (Å²) in [4.78, 5) is 20.5. The molecule has 2 atom stereocenters. The zero-order chi connectivity index (χ0) is 17.3. The lowest BCUT2D eigenvalue weighted by Crippen LogP contribution is -2.29. The van der Waals surface area contributed by atoms with Gasteiger partial charge >= 0.3 is 0 Å². The van der Waals surface area contributed by atoms with Gasteiger partial charge in [-0.1, -0.05) is 6.07 Å². The molecule has 0 bridgehead atoms. The van der Waals surface area contributed by atoms with E-state index in [-0.39, 0.29) is 6.29 Å². The van der Waals surface area contributed by atoms with Crippen molar-refractivity contribution in [2.24, 2.45) is 0 Å². The maximum Gasteiger partial charge on any atom is 0.293 e. The van der Waals surface area contributed by atoms with Gasteiger partial charge in [-0.15, -0.1) is 0 Å². The van der Waals surface area contributed by atoms with Crippen LogP contribution in [0.1, 0.15) is 11.5 Å². The first-order chi connectivity index (χ1) is 9.89. The summed E-state index contributed by atoms with van der Waals surface area (Å²) in [5.74, 6) is -1.95. The Labute approximate surface area is 125 Å². The Balaban J connectivity index is 3.59. The highest BCUT2D eigenvalue weighted by atomic mass is 32.2. The lowest BCUT2D eigenvalue weighted by molar-refractivity contribution is -0.385. The van der Waals surface area contributed by atoms with Gasteiger partial charge in [0.15, 0.2) is 15.3 Å². The van der Waals surface area contributed by atoms with Crippen LogP contribution >= 0.6 is 0 Å². The highest BCUT2D eigenvalue weighted by molar-refractivity contribution is 7.90. The Morgan fingerprint density at radius 2 is 1.82 bits per heavy atom. The van der Waals surface area contributed by atoms with Crippen LogP contribution in [-0.4, -0.2) is 49.4 Å². The van der Waals surface area contributed by atoms with Crippen LogP contribution in [0.3, 0.4) is 0 Å². The van der Waals surface area contributed by atoms with Crippen molar-refractivity contribution in [3.63, 3.8) is 0 Å². The van der Waals surface area contributed by atoms with Crippen LogP contribution in [0.2, 0.25) is 0 Å². The van der Waals surface area contributed by atoms with E-state index in [9.17, 15) is 36.9 Å². The average Bonchev–Trinajstić information content (AvgIpc) is 2.37. The van der Waals surface area contributed by atoms with Gasteiger partial charge in [-0.2, -0.15) is 8.42 Å². The first-order valence-corrected chi connectivity index (χ1v) is 8.87. The van der Waals surface area contributed by atoms with Crippen LogP contribution in [0, 0.1) is 10.1 Å². The number of nitro benzene ring substituents is 1. The first kappa shape index (κ1) is 18.2. The minimum atomic E-state index is -5.06. The van der Waals surface area contributed by atoms with E-state index in [1.165, 1.54) is 0 Å². The zero-order valence-corrected chi connectivity index (χ0v) is 12.6. The number of nitrogens with zero attached hydrogens (tertiary/aromatic N) is 1. The predicted octanol–water partition coefficient (Wildman–Crippen LogP) is -0.513. The van der Waals surface area contributed by atoms with Gasteiger partial charge in [-0.3, -0.25) is 14.7 Å². The van der Waals surface area contributed by atoms with Gasteiger partial charge in [0.1, 0.15) is 6.29 Å². The van der Waals surface area contributed by atoms with E-state index in [4.69, 9.17) is 4.55 Å². The molecule has 12 heteroatoms. The molecule has 2 N–H and O–H groups in total. The molecule has 0 aliphatic heterocycles. The summed E-state index contributed by atoms with van der Waals surface area (Å²) < 4.78 is 53.3. The molecule has 0 saturated carbocycles. The monoisotopic (exact) mass is 353 g/mol. The molecule has 22 heavy (non-hydrogen) atoms. The molecule has 0 amide bonds. The van der Waals surface area contributed by atoms with E-state index in [0.29, 0.717) is 6.07 Å². The highest BCUT2D eigenvalue weighted by Gasteiger charge is 2.35. The molecule has 0 saturated heterocycles. The number of nitro groups is 1. The smallest absolute Gasteiger partial charge is 0.293 e. The molecular formula is C10H11NO9S2. The van der Waals surface area contributed by atoms with Crippen LogP contribution in [0.4, 0.5) is 5.69 Å². The molecule has 1 rings (SSSR count). The van der Waals surface area contributed by atoms with Crippen molar-refractivity contribution in [1.82, 2.24) is 0 Å². The van der Waals surface area contributed by atoms with Crippen LogP contribution in [0.15, 0.2) is 23.1 Å². The highest BCUT2D eigenvalue weighted by Crippen LogP contribution is 2.31. The summed E-state index contributed by atoms with van der Waals surface area (Å²) in [7, 11) is -8.84. The Kier molecular flexibility index (Phi) is 5.02. The number of carbonyl (C=O) groups excluding carboxylic acids is 1. The van der Waals surface area contributed by atoms with E-state index < -0.39 is 52.4 Å². The molecular weight excluding hydrogens is 342 g/mol. The van der Waals surface area contributed by atoms with Crippen molar-refractivity contribution in [1.29, 1.82) is 0 Å². The third-order valence-electron chi connectivity index (χ3n) is 2.74. The molecule has 0 radical (unpaired) electrons. The lowest BCUT2D eigenvalue weighted by Gasteiger charge is -2.15. The van der Waals surface area contributed by atoms with E-state index in [2.05, 4.69) is 0 Å². The fourth-order valence-electron chi connectivity index (χ4n) is 1.67. The second kappa shape index (κ2) is 6.08. The number of carbonyl (C=O) groups is 1. The van der Waals surface area contributed by atoms with Gasteiger partial charge in [0.2, 0.25) is 0 Å². The number of aldehydes is 1. The second-order valence-corrected chi connectivity index (χ2v) is 7.85. The normalized spacial score (nSPS) is 15.0. The van der Waals surface area contributed by atoms with Crippen LogP contribution in [0.5, 0.6) is 0 Å². The van der Waals surface area contributed by atoms with Crippen LogP contribution < -0.4 is 0 Å². The molecule has 122 valence electrons. The van der Waals surface area contributed by atoms with E-state index in [1.54, 1.807) is 0 Å². The van der Waals surface area contributed by atoms with Gasteiger partial charge in [0, 0.05) is 17.9 Å². The topological polar surface area (TPSA) is 169 Å². The summed E-state index contributed by atoms with van der Waals surface area (Å²) in [5, 5.41) is 20.4. The number of benzene rings is 1. The summed E-state index contributed by atoms with van der Waals surface area (Å²) >= 11 is 0. The maximum atomic E-state index is 11.4. The van der Waals surface area contributed by atoms with Gasteiger partial charge in [0.25, 0.3) is 15.8 Å². The number of hydrogen-bond donors (Lipinski definition) is 2. The van der Waals surface area contributed by atoms with Gasteiger partial charge in [-0.05, 0) is 6.07 Å². The van der Waals surface area contributed by atoms with Gasteiger partial charge in [-0.25, -0.2) is 8.42 Å². The molecule has 0 fully saturated rings. The fraction of sp³-hybridized carbons (Fsp3) is 0.300. The summed E-state index contributed by atoms with van der Waals surface area (Å²) in [6, 6.07) is 2.39. The van der Waals surface area contributed by atoms with E-state index in [0.717, 1.165) is 18.4 Å². The first-order valence-electron chi connectivity index (χ1n) is 5.47. The Hall–Kier alpha value is -1.89. The summed E-state index contributed by atoms with van der Waals surface area (Å²) in [6.07, 6.45) is 0.705. The van der Waals surface area contributed by atoms with Crippen molar-refractivity contribution in [2.75, 3.05) is 6.26 Å². The molecule has 0 aliphatic carbocycles. The number of sulfone groups is 1. The summed E-state index contributed by atoms with van der Waals surface area (Å²) in [5.41, 5.74) is -4.03. The van der Waals surface area contributed by atoms with E-state index in [1.807, 2.05) is 0 Å². The zero-order valence-electron chi connectivity index (χ0n) is 11.0. The van der Waals surface area contributed by atoms with Crippen molar-refractivity contribution < 1.29 is 36.2 Å². The van der Waals surface area contributed by atoms with Crippen molar-refractivity contribution >= 4 is 31.9 Å². The van der Waals surface area contributed by atoms with Gasteiger partial charge in [0.05, 0.1) is 15.7 Å². The SMILES string of the molecule is CS(=O)(=O)c1ccc(C(C=O)C(O)S(=O)(=O)O)c([N+](=O)[O-])c1. The molecule has 0 aromatic heterocycles. The van der Waals surface area contributed by atoms with Crippen molar-refractivity contribution in [3.05, 3.63) is 33.9 Å². The fourth-order valence-corrected chi connectivity index (χ4v) is 2.90. The summed E-state index contributed by atoms with van der Waals surface area (Å²) in [6.45, 7) is 0. The largest absolute Gasteiger partial charge is 0.374 e. The maximum absolute atomic E-state index is 11.4. The molecule has 0 spiro atoms. The lowest BCUT2D eigenvalue weighted by atomic mass is 9.99. The standard InChI is InChI=1S/C10H11NO9S2/c1-21(16,17)6-2-3-7(9(4-6)11(14)15)8(5-12)10(13)22(18,19)20/h2-5,8,10,13H,1H3,(H,18,19,20). The quantitative estimate of drug-likeness (QED) is 0.296. The number of aliphatic hydroxyl groups excluding tert-OH is 1. The number of rotatable bonds is 6. The third-order valence-corrected chi connectivity index (χ3v) is 4.76. The average molecular weight is 353 g/mol. The van der Waals surface area contributed by atoms with E-state index >= 15 is 0 Å². The van der Waals surface area contributed by atoms with Crippen molar-refractivity contribution in [3.8, 4) is 0 Å². The molecule has 1 aromatic rings. The Morgan fingerprint density at radius 1 is 1.27 bits per heavy atom. The number of aliphatic hydroxyl groups is 1. The minimum Gasteiger partial charge on any atom is -0.374 e. The molecule has 0 aliphatic rings. The van der Waals surface area contributed by atoms with Crippen LogP contribution in [0.25, 0.3) is 0 Å². The van der Waals surface area contributed by atoms with Gasteiger partial charge < -0.3 is 9.90 Å². The van der Waals surface area contributed by atoms with Crippen LogP contribution in [-0.2, 0) is 24.7 Å². The third kappa shape index (κ3) is 3.85. The Bertz CT molecular complexity index is 813. The molecule has 10 nitrogen and oxygen atoms in total. The predicted molar refractivity (Wildman–Crippen MR) is 72.6 cm³/mol. The molecule has 2 unspecified atom stereocenters.